The largest absolute Gasteiger partial charge is 0.361 e. The average Bonchev–Trinajstić information content (AvgIpc) is 3.33. The molecule has 1 aliphatic rings. The molecule has 3 aromatic carbocycles. The number of benzene rings is 3. The minimum absolute atomic E-state index is 0.0563. The lowest BCUT2D eigenvalue weighted by molar-refractivity contribution is -0.127. The van der Waals surface area contributed by atoms with Crippen LogP contribution >= 0.6 is 0 Å². The van der Waals surface area contributed by atoms with Gasteiger partial charge in [0.1, 0.15) is 6.04 Å². The van der Waals surface area contributed by atoms with Crippen molar-refractivity contribution in [2.45, 2.75) is 31.7 Å². The van der Waals surface area contributed by atoms with Crippen LogP contribution < -0.4 is 10.2 Å². The first-order valence-corrected chi connectivity index (χ1v) is 13.4. The van der Waals surface area contributed by atoms with Crippen molar-refractivity contribution < 1.29 is 9.59 Å². The zero-order valence-corrected chi connectivity index (χ0v) is 22.2. The quantitative estimate of drug-likeness (QED) is 0.347. The Kier molecular flexibility index (Phi) is 7.89. The van der Waals surface area contributed by atoms with Crippen LogP contribution in [0.15, 0.2) is 85.1 Å². The molecule has 38 heavy (non-hydrogen) atoms. The lowest BCUT2D eigenvalue weighted by Crippen LogP contribution is -2.53. The molecular weight excluding hydrogens is 472 g/mol. The summed E-state index contributed by atoms with van der Waals surface area (Å²) in [6.45, 7) is 1.53. The Morgan fingerprint density at radius 2 is 1.74 bits per heavy atom. The second-order valence-electron chi connectivity index (χ2n) is 10.6. The van der Waals surface area contributed by atoms with E-state index >= 15 is 0 Å². The summed E-state index contributed by atoms with van der Waals surface area (Å²) in [5, 5.41) is 4.20. The van der Waals surface area contributed by atoms with Crippen LogP contribution in [0.25, 0.3) is 10.9 Å². The summed E-state index contributed by atoms with van der Waals surface area (Å²) in [7, 11) is 4.14. The predicted octanol–water partition coefficient (Wildman–Crippen LogP) is 4.60. The number of aromatic amines is 1. The summed E-state index contributed by atoms with van der Waals surface area (Å²) in [5.41, 5.74) is 5.30. The molecule has 0 aliphatic carbocycles. The molecule has 196 valence electrons. The fourth-order valence-corrected chi connectivity index (χ4v) is 5.60. The number of anilines is 1. The van der Waals surface area contributed by atoms with Gasteiger partial charge < -0.3 is 20.1 Å². The second-order valence-corrected chi connectivity index (χ2v) is 10.6. The van der Waals surface area contributed by atoms with E-state index in [0.29, 0.717) is 31.7 Å². The number of rotatable bonds is 9. The first-order valence-electron chi connectivity index (χ1n) is 13.4. The lowest BCUT2D eigenvalue weighted by Gasteiger charge is -2.37. The number of hydrogen-bond donors (Lipinski definition) is 2. The molecule has 1 aromatic heterocycles. The van der Waals surface area contributed by atoms with Crippen LogP contribution in [0.4, 0.5) is 5.69 Å². The Balaban J connectivity index is 1.41. The van der Waals surface area contributed by atoms with E-state index in [1.807, 2.05) is 77.8 Å². The molecule has 0 saturated heterocycles. The zero-order chi connectivity index (χ0) is 26.5. The third-order valence-electron chi connectivity index (χ3n) is 7.34. The standard InChI is InChI=1S/C32H36N4O2/c1-35(2)21-24-18-25-12-6-9-15-30(25)36(22-24)32(38)29(19-26-20-33-28-14-8-7-13-27(26)28)34-31(37)17-16-23-10-4-3-5-11-23/h3-15,20,24,29,33H,16-19,21-22H2,1-2H3,(H,34,37)/t24?,29-/m1/s1. The Hall–Kier alpha value is -3.90. The van der Waals surface area contributed by atoms with Gasteiger partial charge in [-0.2, -0.15) is 0 Å². The van der Waals surface area contributed by atoms with Crippen LogP contribution in [0.2, 0.25) is 0 Å². The number of aryl methyl sites for hydroxylation is 1. The molecule has 2 heterocycles. The van der Waals surface area contributed by atoms with Crippen LogP contribution in [-0.4, -0.2) is 54.9 Å². The van der Waals surface area contributed by atoms with Gasteiger partial charge in [0, 0.05) is 48.7 Å². The molecule has 2 N–H and O–H groups in total. The van der Waals surface area contributed by atoms with Crippen molar-refractivity contribution in [3.05, 3.63) is 102 Å². The van der Waals surface area contributed by atoms with Crippen molar-refractivity contribution in [2.75, 3.05) is 32.1 Å². The number of aromatic nitrogens is 1. The molecule has 1 unspecified atom stereocenters. The molecule has 6 nitrogen and oxygen atoms in total. The molecule has 0 saturated carbocycles. The van der Waals surface area contributed by atoms with E-state index in [0.717, 1.165) is 40.7 Å². The highest BCUT2D eigenvalue weighted by atomic mass is 16.2. The number of nitrogens with one attached hydrogen (secondary N) is 2. The fourth-order valence-electron chi connectivity index (χ4n) is 5.60. The molecule has 0 fully saturated rings. The number of carbonyl (C=O) groups is 2. The van der Waals surface area contributed by atoms with Crippen molar-refractivity contribution in [3.63, 3.8) is 0 Å². The molecule has 2 atom stereocenters. The SMILES string of the molecule is CN(C)CC1Cc2ccccc2N(C(=O)[C@@H](Cc2c[nH]c3ccccc23)NC(=O)CCc2ccccc2)C1. The minimum Gasteiger partial charge on any atom is -0.361 e. The predicted molar refractivity (Wildman–Crippen MR) is 153 cm³/mol. The van der Waals surface area contributed by atoms with Gasteiger partial charge in [-0.1, -0.05) is 66.7 Å². The number of hydrogen-bond acceptors (Lipinski definition) is 3. The summed E-state index contributed by atoms with van der Waals surface area (Å²) in [5.74, 6) is 0.160. The topological polar surface area (TPSA) is 68.4 Å². The highest BCUT2D eigenvalue weighted by Crippen LogP contribution is 2.31. The summed E-state index contributed by atoms with van der Waals surface area (Å²) in [6.07, 6.45) is 4.30. The number of amides is 2. The summed E-state index contributed by atoms with van der Waals surface area (Å²) in [6, 6.07) is 25.6. The first kappa shape index (κ1) is 25.7. The van der Waals surface area contributed by atoms with E-state index in [1.165, 1.54) is 5.56 Å². The minimum atomic E-state index is -0.663. The van der Waals surface area contributed by atoms with Crippen LogP contribution in [0, 0.1) is 5.92 Å². The van der Waals surface area contributed by atoms with E-state index in [9.17, 15) is 9.59 Å². The Morgan fingerprint density at radius 1 is 1.00 bits per heavy atom. The second kappa shape index (κ2) is 11.7. The van der Waals surface area contributed by atoms with Crippen molar-refractivity contribution in [1.29, 1.82) is 0 Å². The molecule has 2 amide bonds. The molecule has 5 rings (SSSR count). The maximum Gasteiger partial charge on any atom is 0.249 e. The lowest BCUT2D eigenvalue weighted by atomic mass is 9.91. The van der Waals surface area contributed by atoms with Gasteiger partial charge in [-0.25, -0.2) is 0 Å². The molecule has 0 bridgehead atoms. The monoisotopic (exact) mass is 508 g/mol. The van der Waals surface area contributed by atoms with Gasteiger partial charge in [0.15, 0.2) is 0 Å². The third-order valence-corrected chi connectivity index (χ3v) is 7.34. The Labute approximate surface area is 224 Å². The fraction of sp³-hybridized carbons (Fsp3) is 0.312. The third kappa shape index (κ3) is 5.97. The van der Waals surface area contributed by atoms with Gasteiger partial charge >= 0.3 is 0 Å². The Morgan fingerprint density at radius 3 is 2.55 bits per heavy atom. The van der Waals surface area contributed by atoms with Gasteiger partial charge in [-0.05, 0) is 61.7 Å². The number of fused-ring (bicyclic) bond motifs is 2. The van der Waals surface area contributed by atoms with Gasteiger partial charge in [-0.3, -0.25) is 9.59 Å². The molecule has 0 radical (unpaired) electrons. The van der Waals surface area contributed by atoms with E-state index in [1.54, 1.807) is 0 Å². The summed E-state index contributed by atoms with van der Waals surface area (Å²) < 4.78 is 0. The Bertz CT molecular complexity index is 1390. The van der Waals surface area contributed by atoms with E-state index in [2.05, 4.69) is 41.4 Å². The van der Waals surface area contributed by atoms with Gasteiger partial charge in [0.25, 0.3) is 0 Å². The van der Waals surface area contributed by atoms with Crippen LogP contribution in [0.5, 0.6) is 0 Å². The number of H-pyrrole nitrogens is 1. The highest BCUT2D eigenvalue weighted by molar-refractivity contribution is 6.00. The van der Waals surface area contributed by atoms with Crippen molar-refractivity contribution in [3.8, 4) is 0 Å². The summed E-state index contributed by atoms with van der Waals surface area (Å²) in [4.78, 5) is 34.8. The normalized spacial score (nSPS) is 15.9. The average molecular weight is 509 g/mol. The number of carbonyl (C=O) groups excluding carboxylic acids is 2. The van der Waals surface area contributed by atoms with E-state index < -0.39 is 6.04 Å². The zero-order valence-electron chi connectivity index (χ0n) is 22.2. The van der Waals surface area contributed by atoms with Gasteiger partial charge in [0.2, 0.25) is 11.8 Å². The highest BCUT2D eigenvalue weighted by Gasteiger charge is 2.33. The number of para-hydroxylation sites is 2. The van der Waals surface area contributed by atoms with Crippen LogP contribution in [-0.2, 0) is 28.9 Å². The summed E-state index contributed by atoms with van der Waals surface area (Å²) >= 11 is 0. The smallest absolute Gasteiger partial charge is 0.249 e. The van der Waals surface area contributed by atoms with Crippen molar-refractivity contribution >= 4 is 28.4 Å². The molecule has 1 aliphatic heterocycles. The van der Waals surface area contributed by atoms with Gasteiger partial charge in [0.05, 0.1) is 0 Å². The number of nitrogens with zero attached hydrogens (tertiary/aromatic N) is 2. The maximum absolute atomic E-state index is 14.3. The molecule has 6 heteroatoms. The molecular formula is C32H36N4O2. The first-order chi connectivity index (χ1) is 18.5. The van der Waals surface area contributed by atoms with Crippen molar-refractivity contribution in [1.82, 2.24) is 15.2 Å². The van der Waals surface area contributed by atoms with E-state index in [-0.39, 0.29) is 11.8 Å². The van der Waals surface area contributed by atoms with Crippen LogP contribution in [0.1, 0.15) is 23.1 Å². The maximum atomic E-state index is 14.3. The van der Waals surface area contributed by atoms with Gasteiger partial charge in [-0.15, -0.1) is 0 Å². The molecule has 0 spiro atoms. The van der Waals surface area contributed by atoms with E-state index in [4.69, 9.17) is 0 Å². The van der Waals surface area contributed by atoms with Crippen molar-refractivity contribution in [2.24, 2.45) is 5.92 Å². The molecule has 4 aromatic rings. The van der Waals surface area contributed by atoms with Crippen LogP contribution in [0.3, 0.4) is 0 Å².